The number of phenols is 1. The van der Waals surface area contributed by atoms with Gasteiger partial charge in [-0.2, -0.15) is 0 Å². The Kier molecular flexibility index (Phi) is 7.64. The molecule has 10 rings (SSSR count). The summed E-state index contributed by atoms with van der Waals surface area (Å²) in [5.41, 5.74) is 3.01. The van der Waals surface area contributed by atoms with Gasteiger partial charge >= 0.3 is 0 Å². The van der Waals surface area contributed by atoms with Crippen molar-refractivity contribution < 1.29 is 33.1 Å². The monoisotopic (exact) mass is 740 g/mol. The van der Waals surface area contributed by atoms with E-state index in [-0.39, 0.29) is 41.5 Å². The molecule has 3 aliphatic carbocycles. The smallest absolute Gasteiger partial charge is 0.238 e. The minimum Gasteiger partial charge on any atom is -0.505 e. The van der Waals surface area contributed by atoms with Crippen LogP contribution >= 0.6 is 0 Å². The Morgan fingerprint density at radius 1 is 0.750 bits per heavy atom. The summed E-state index contributed by atoms with van der Waals surface area (Å²) in [5, 5.41) is 11.4. The normalized spacial score (nSPS) is 25.7. The van der Waals surface area contributed by atoms with E-state index in [9.17, 15) is 14.7 Å². The first-order valence-corrected chi connectivity index (χ1v) is 18.7. The predicted octanol–water partition coefficient (Wildman–Crippen LogP) is 8.37. The molecule has 2 heterocycles. The van der Waals surface area contributed by atoms with Gasteiger partial charge in [-0.15, -0.1) is 0 Å². The highest BCUT2D eigenvalue weighted by Crippen LogP contribution is 2.64. The number of carbonyl (C=O) groups excluding carboxylic acids is 4. The van der Waals surface area contributed by atoms with Gasteiger partial charge in [0.2, 0.25) is 17.7 Å². The lowest BCUT2D eigenvalue weighted by atomic mass is 9.44. The largest absolute Gasteiger partial charge is 0.505 e. The van der Waals surface area contributed by atoms with Crippen molar-refractivity contribution in [3.63, 3.8) is 0 Å². The van der Waals surface area contributed by atoms with Crippen LogP contribution in [0.15, 0.2) is 150 Å². The molecule has 4 aliphatic rings. The number of nitrogens with zero attached hydrogens (tertiary/aromatic N) is 2. The van der Waals surface area contributed by atoms with E-state index in [1.165, 1.54) is 17.0 Å². The van der Waals surface area contributed by atoms with Crippen molar-refractivity contribution in [2.24, 2.45) is 23.7 Å². The maximum absolute atomic E-state index is 15.4. The molecule has 6 unspecified atom stereocenters. The minimum absolute atomic E-state index is 0.0900. The molecule has 2 fully saturated rings. The van der Waals surface area contributed by atoms with E-state index in [1.54, 1.807) is 78.9 Å². The summed E-state index contributed by atoms with van der Waals surface area (Å²) in [7, 11) is 0. The van der Waals surface area contributed by atoms with Gasteiger partial charge in [0.15, 0.2) is 28.7 Å². The Bertz CT molecular complexity index is 2650. The number of aromatic hydroxyl groups is 1. The van der Waals surface area contributed by atoms with E-state index in [1.807, 2.05) is 42.5 Å². The number of Topliss-reactive ketones (excluding diaryl/α,β-unsaturated/α-hetero) is 1. The lowest BCUT2D eigenvalue weighted by Gasteiger charge is -2.55. The second-order valence-corrected chi connectivity index (χ2v) is 15.0. The summed E-state index contributed by atoms with van der Waals surface area (Å²) < 4.78 is 21.3. The Balaban J connectivity index is 1.10. The molecular weight excluding hydrogens is 708 g/mol. The molecule has 9 heteroatoms. The number of para-hydroxylation sites is 3. The Hall–Kier alpha value is -6.74. The lowest BCUT2D eigenvalue weighted by Crippen LogP contribution is -2.58. The van der Waals surface area contributed by atoms with Gasteiger partial charge in [-0.1, -0.05) is 96.6 Å². The second kappa shape index (κ2) is 12.7. The standard InChI is InChI=1S/C47H33FN2O6/c48-36-15-9-14-32(43(36)53)41-30-22-23-31-40(46(55)50(45(31)54)29-20-18-27(19-21-29)44-49-37-16-7-8-17-38(37)56-44)34(30)24-35-42(52)33(26-10-3-1-4-11-26)25-39(51)47(35,41)28-12-5-2-6-13-28/h1-22,25,31,34-35,40-41,53H,23-24H2. The molecule has 1 aromatic heterocycles. The first-order valence-electron chi connectivity index (χ1n) is 18.7. The summed E-state index contributed by atoms with van der Waals surface area (Å²) in [6.07, 6.45) is 3.56. The minimum atomic E-state index is -1.58. The van der Waals surface area contributed by atoms with E-state index < -0.39 is 52.5 Å². The highest BCUT2D eigenvalue weighted by Gasteiger charge is 2.66. The van der Waals surface area contributed by atoms with Crippen LogP contribution in [0.5, 0.6) is 5.75 Å². The van der Waals surface area contributed by atoms with Gasteiger partial charge in [-0.3, -0.25) is 24.1 Å². The number of hydrogen-bond acceptors (Lipinski definition) is 7. The highest BCUT2D eigenvalue weighted by molar-refractivity contribution is 6.32. The lowest BCUT2D eigenvalue weighted by molar-refractivity contribution is -0.135. The average Bonchev–Trinajstić information content (AvgIpc) is 3.78. The molecule has 2 amide bonds. The third-order valence-electron chi connectivity index (χ3n) is 12.4. The number of fused-ring (bicyclic) bond motifs is 5. The number of benzene rings is 5. The summed E-state index contributed by atoms with van der Waals surface area (Å²) in [4.78, 5) is 65.0. The SMILES string of the molecule is O=C1C(c2ccccc2)=CC(=O)C2(c3ccccc3)C1CC1C(=CCC3C(=O)N(c4ccc(-c5nc6ccccc6o5)cc4)C(=O)C31)C2c1cccc(F)c1O. The fraction of sp³-hybridized carbons (Fsp3) is 0.170. The molecule has 1 saturated heterocycles. The van der Waals surface area contributed by atoms with E-state index in [0.29, 0.717) is 44.9 Å². The number of halogens is 1. The molecule has 56 heavy (non-hydrogen) atoms. The highest BCUT2D eigenvalue weighted by atomic mass is 19.1. The zero-order chi connectivity index (χ0) is 38.3. The van der Waals surface area contributed by atoms with Crippen LogP contribution in [0.1, 0.15) is 35.4 Å². The van der Waals surface area contributed by atoms with Crippen molar-refractivity contribution in [1.29, 1.82) is 0 Å². The maximum atomic E-state index is 15.4. The van der Waals surface area contributed by atoms with Gasteiger partial charge in [0.1, 0.15) is 5.52 Å². The zero-order valence-corrected chi connectivity index (χ0v) is 29.8. The molecule has 0 spiro atoms. The Morgan fingerprint density at radius 2 is 1.46 bits per heavy atom. The summed E-state index contributed by atoms with van der Waals surface area (Å²) >= 11 is 0. The number of ketones is 2. The number of imide groups is 1. The molecule has 6 aromatic rings. The number of aromatic nitrogens is 1. The number of oxazole rings is 1. The first-order chi connectivity index (χ1) is 27.3. The first kappa shape index (κ1) is 33.8. The Labute approximate surface area is 320 Å². The van der Waals surface area contributed by atoms with E-state index >= 15 is 14.0 Å². The molecule has 0 bridgehead atoms. The topological polar surface area (TPSA) is 118 Å². The van der Waals surface area contributed by atoms with Crippen molar-refractivity contribution in [2.75, 3.05) is 4.90 Å². The summed E-state index contributed by atoms with van der Waals surface area (Å²) in [6, 6.07) is 36.5. The maximum Gasteiger partial charge on any atom is 0.238 e. The fourth-order valence-electron chi connectivity index (χ4n) is 9.99. The summed E-state index contributed by atoms with van der Waals surface area (Å²) in [5.74, 6) is -6.78. The van der Waals surface area contributed by atoms with Crippen LogP contribution in [0.3, 0.4) is 0 Å². The van der Waals surface area contributed by atoms with Gasteiger partial charge < -0.3 is 9.52 Å². The number of hydrogen-bond donors (Lipinski definition) is 1. The van der Waals surface area contributed by atoms with Gasteiger partial charge in [0.05, 0.1) is 22.9 Å². The molecule has 0 radical (unpaired) electrons. The predicted molar refractivity (Wildman–Crippen MR) is 207 cm³/mol. The number of allylic oxidation sites excluding steroid dienone is 4. The van der Waals surface area contributed by atoms with Crippen molar-refractivity contribution >= 4 is 45.7 Å². The number of anilines is 1. The van der Waals surface area contributed by atoms with Gasteiger partial charge in [-0.05, 0) is 78.4 Å². The summed E-state index contributed by atoms with van der Waals surface area (Å²) in [6.45, 7) is 0. The van der Waals surface area contributed by atoms with E-state index in [0.717, 1.165) is 6.07 Å². The van der Waals surface area contributed by atoms with E-state index in [4.69, 9.17) is 4.42 Å². The van der Waals surface area contributed by atoms with Crippen LogP contribution in [-0.4, -0.2) is 33.5 Å². The molecule has 1 aliphatic heterocycles. The zero-order valence-electron chi connectivity index (χ0n) is 29.8. The van der Waals surface area contributed by atoms with Crippen LogP contribution in [0.25, 0.3) is 28.1 Å². The fourth-order valence-corrected chi connectivity index (χ4v) is 9.99. The molecule has 1 N–H and O–H groups in total. The number of phenolic OH excluding ortho intramolecular Hbond substituents is 1. The van der Waals surface area contributed by atoms with Crippen LogP contribution in [0, 0.1) is 29.5 Å². The molecule has 1 saturated carbocycles. The molecular formula is C47H33FN2O6. The second-order valence-electron chi connectivity index (χ2n) is 15.0. The third-order valence-corrected chi connectivity index (χ3v) is 12.4. The quantitative estimate of drug-likeness (QED) is 0.139. The van der Waals surface area contributed by atoms with Gasteiger partial charge in [0.25, 0.3) is 0 Å². The van der Waals surface area contributed by atoms with Crippen LogP contribution < -0.4 is 4.90 Å². The molecule has 8 nitrogen and oxygen atoms in total. The van der Waals surface area contributed by atoms with Gasteiger partial charge in [-0.25, -0.2) is 9.37 Å². The number of rotatable bonds is 5. The molecule has 5 aromatic carbocycles. The molecule has 6 atom stereocenters. The van der Waals surface area contributed by atoms with Gasteiger partial charge in [0, 0.05) is 28.5 Å². The number of carbonyl (C=O) groups is 4. The van der Waals surface area contributed by atoms with Crippen molar-refractivity contribution in [2.45, 2.75) is 24.2 Å². The van der Waals surface area contributed by atoms with Crippen molar-refractivity contribution in [3.8, 4) is 17.2 Å². The van der Waals surface area contributed by atoms with Crippen molar-refractivity contribution in [3.05, 3.63) is 168 Å². The van der Waals surface area contributed by atoms with Crippen LogP contribution in [0.2, 0.25) is 0 Å². The third kappa shape index (κ3) is 4.79. The van der Waals surface area contributed by atoms with Crippen LogP contribution in [-0.2, 0) is 24.6 Å². The number of amides is 2. The molecule has 274 valence electrons. The Morgan fingerprint density at radius 3 is 2.21 bits per heavy atom. The average molecular weight is 741 g/mol. The van der Waals surface area contributed by atoms with E-state index in [2.05, 4.69) is 4.98 Å². The van der Waals surface area contributed by atoms with Crippen LogP contribution in [0.4, 0.5) is 10.1 Å². The van der Waals surface area contributed by atoms with Crippen molar-refractivity contribution in [1.82, 2.24) is 4.98 Å².